The van der Waals surface area contributed by atoms with Gasteiger partial charge in [-0.1, -0.05) is 11.8 Å². The van der Waals surface area contributed by atoms with Crippen LogP contribution in [-0.2, 0) is 4.74 Å². The number of anilines is 2. The van der Waals surface area contributed by atoms with Crippen molar-refractivity contribution in [3.63, 3.8) is 0 Å². The average molecular weight is 214 g/mol. The lowest BCUT2D eigenvalue weighted by molar-refractivity contribution is 0.138. The highest BCUT2D eigenvalue weighted by atomic mass is 32.2. The molecule has 0 radical (unpaired) electrons. The van der Waals surface area contributed by atoms with Crippen molar-refractivity contribution in [3.8, 4) is 0 Å². The molecule has 78 valence electrons. The van der Waals surface area contributed by atoms with E-state index in [0.29, 0.717) is 16.8 Å². The fraction of sp³-hybridized carbons (Fsp3) is 0.500. The first-order chi connectivity index (χ1) is 6.61. The largest absolute Gasteiger partial charge is 0.383 e. The van der Waals surface area contributed by atoms with E-state index in [1.54, 1.807) is 7.11 Å². The van der Waals surface area contributed by atoms with E-state index in [4.69, 9.17) is 16.2 Å². The average Bonchev–Trinajstić information content (AvgIpc) is 2.12. The van der Waals surface area contributed by atoms with Gasteiger partial charge in [0, 0.05) is 18.9 Å². The smallest absolute Gasteiger partial charge is 0.191 e. The van der Waals surface area contributed by atoms with E-state index < -0.39 is 0 Å². The molecule has 0 spiro atoms. The number of hydrogen-bond donors (Lipinski definition) is 2. The van der Waals surface area contributed by atoms with Crippen LogP contribution < -0.4 is 11.5 Å². The molecule has 5 nitrogen and oxygen atoms in total. The van der Waals surface area contributed by atoms with E-state index in [2.05, 4.69) is 9.97 Å². The van der Waals surface area contributed by atoms with Gasteiger partial charge in [0.15, 0.2) is 5.16 Å². The molecule has 0 aromatic carbocycles. The molecule has 4 N–H and O–H groups in total. The Labute approximate surface area is 87.2 Å². The molecule has 14 heavy (non-hydrogen) atoms. The molecule has 1 unspecified atom stereocenters. The first-order valence-electron chi connectivity index (χ1n) is 4.17. The van der Waals surface area contributed by atoms with Crippen molar-refractivity contribution in [2.75, 3.05) is 24.3 Å². The van der Waals surface area contributed by atoms with Crippen molar-refractivity contribution in [1.82, 2.24) is 9.97 Å². The number of nitrogen functional groups attached to an aromatic ring is 2. The van der Waals surface area contributed by atoms with Gasteiger partial charge in [0.1, 0.15) is 11.6 Å². The Morgan fingerprint density at radius 1 is 1.43 bits per heavy atom. The van der Waals surface area contributed by atoms with Crippen LogP contribution in [0.25, 0.3) is 0 Å². The highest BCUT2D eigenvalue weighted by molar-refractivity contribution is 7.99. The lowest BCUT2D eigenvalue weighted by atomic mass is 10.5. The monoisotopic (exact) mass is 214 g/mol. The van der Waals surface area contributed by atoms with Crippen LogP contribution in [0.2, 0.25) is 0 Å². The summed E-state index contributed by atoms with van der Waals surface area (Å²) in [5, 5.41) is 0.589. The molecule has 1 atom stereocenters. The van der Waals surface area contributed by atoms with Crippen molar-refractivity contribution in [1.29, 1.82) is 0 Å². The van der Waals surface area contributed by atoms with Crippen LogP contribution in [0.5, 0.6) is 0 Å². The predicted octanol–water partition coefficient (Wildman–Crippen LogP) is 0.768. The highest BCUT2D eigenvalue weighted by Gasteiger charge is 2.04. The summed E-state index contributed by atoms with van der Waals surface area (Å²) in [6, 6.07) is 1.53. The van der Waals surface area contributed by atoms with Crippen molar-refractivity contribution < 1.29 is 4.74 Å². The van der Waals surface area contributed by atoms with Gasteiger partial charge < -0.3 is 16.2 Å². The zero-order chi connectivity index (χ0) is 10.6. The Morgan fingerprint density at radius 2 is 2.00 bits per heavy atom. The van der Waals surface area contributed by atoms with Gasteiger partial charge in [0.05, 0.1) is 6.10 Å². The summed E-state index contributed by atoms with van der Waals surface area (Å²) in [6.07, 6.45) is 0.159. The molecule has 0 amide bonds. The molecule has 1 aromatic rings. The molecule has 0 aliphatic rings. The maximum atomic E-state index is 5.52. The molecule has 0 fully saturated rings. The number of rotatable bonds is 4. The third kappa shape index (κ3) is 3.39. The lowest BCUT2D eigenvalue weighted by Crippen LogP contribution is -2.08. The number of aromatic nitrogens is 2. The third-order valence-electron chi connectivity index (χ3n) is 1.59. The molecule has 0 aliphatic carbocycles. The standard InChI is InChI=1S/C8H14N4OS/c1-5(13-2)4-14-8-11-6(9)3-7(10)12-8/h3,5H,4H2,1-2H3,(H4,9,10,11,12). The molecular formula is C8H14N4OS. The molecule has 6 heteroatoms. The van der Waals surface area contributed by atoms with Gasteiger partial charge in [-0.15, -0.1) is 0 Å². The summed E-state index contributed by atoms with van der Waals surface area (Å²) in [5.74, 6) is 1.56. The summed E-state index contributed by atoms with van der Waals surface area (Å²) in [4.78, 5) is 8.07. The molecule has 0 saturated heterocycles. The molecule has 1 heterocycles. The second-order valence-electron chi connectivity index (χ2n) is 2.86. The Hall–Kier alpha value is -1.01. The molecule has 0 saturated carbocycles. The summed E-state index contributed by atoms with van der Waals surface area (Å²) in [6.45, 7) is 1.97. The maximum absolute atomic E-state index is 5.52. The minimum absolute atomic E-state index is 0.159. The molecule has 1 aromatic heterocycles. The van der Waals surface area contributed by atoms with Crippen LogP contribution in [0.4, 0.5) is 11.6 Å². The fourth-order valence-corrected chi connectivity index (χ4v) is 1.65. The van der Waals surface area contributed by atoms with E-state index >= 15 is 0 Å². The van der Waals surface area contributed by atoms with Gasteiger partial charge in [0.2, 0.25) is 0 Å². The number of methoxy groups -OCH3 is 1. The molecule has 0 bridgehead atoms. The van der Waals surface area contributed by atoms with E-state index in [-0.39, 0.29) is 6.10 Å². The van der Waals surface area contributed by atoms with Gasteiger partial charge in [0.25, 0.3) is 0 Å². The zero-order valence-corrected chi connectivity index (χ0v) is 9.04. The van der Waals surface area contributed by atoms with Crippen molar-refractivity contribution in [2.45, 2.75) is 18.2 Å². The molecule has 0 aliphatic heterocycles. The normalized spacial score (nSPS) is 12.7. The van der Waals surface area contributed by atoms with Crippen molar-refractivity contribution in [3.05, 3.63) is 6.07 Å². The van der Waals surface area contributed by atoms with Crippen LogP contribution in [0.3, 0.4) is 0 Å². The minimum Gasteiger partial charge on any atom is -0.383 e. The lowest BCUT2D eigenvalue weighted by Gasteiger charge is -2.07. The van der Waals surface area contributed by atoms with Gasteiger partial charge in [-0.05, 0) is 6.92 Å². The Morgan fingerprint density at radius 3 is 2.50 bits per heavy atom. The van der Waals surface area contributed by atoms with Gasteiger partial charge in [-0.25, -0.2) is 9.97 Å². The fourth-order valence-electron chi connectivity index (χ4n) is 0.786. The van der Waals surface area contributed by atoms with E-state index in [1.807, 2.05) is 6.92 Å². The SMILES string of the molecule is COC(C)CSc1nc(N)cc(N)n1. The number of nitrogens with zero attached hydrogens (tertiary/aromatic N) is 2. The van der Waals surface area contributed by atoms with Gasteiger partial charge in [-0.3, -0.25) is 0 Å². The topological polar surface area (TPSA) is 87.0 Å². The molecular weight excluding hydrogens is 200 g/mol. The summed E-state index contributed by atoms with van der Waals surface area (Å²) < 4.78 is 5.09. The van der Waals surface area contributed by atoms with Crippen molar-refractivity contribution >= 4 is 23.4 Å². The summed E-state index contributed by atoms with van der Waals surface area (Å²) in [7, 11) is 1.67. The number of ether oxygens (including phenoxy) is 1. The van der Waals surface area contributed by atoms with Crippen molar-refractivity contribution in [2.24, 2.45) is 0 Å². The third-order valence-corrected chi connectivity index (χ3v) is 2.67. The molecule has 1 rings (SSSR count). The Balaban J connectivity index is 2.58. The first kappa shape index (κ1) is 11.1. The number of nitrogens with two attached hydrogens (primary N) is 2. The Bertz CT molecular complexity index is 287. The quantitative estimate of drug-likeness (QED) is 0.568. The van der Waals surface area contributed by atoms with E-state index in [0.717, 1.165) is 5.75 Å². The predicted molar refractivity (Wildman–Crippen MR) is 58.1 cm³/mol. The number of hydrogen-bond acceptors (Lipinski definition) is 6. The second kappa shape index (κ2) is 5.02. The van der Waals surface area contributed by atoms with Crippen LogP contribution in [0.15, 0.2) is 11.2 Å². The van der Waals surface area contributed by atoms with Crippen LogP contribution in [-0.4, -0.2) is 28.9 Å². The maximum Gasteiger partial charge on any atom is 0.191 e. The second-order valence-corrected chi connectivity index (χ2v) is 3.84. The first-order valence-corrected chi connectivity index (χ1v) is 5.16. The van der Waals surface area contributed by atoms with Crippen LogP contribution in [0, 0.1) is 0 Å². The Kier molecular flexibility index (Phi) is 3.97. The van der Waals surface area contributed by atoms with Gasteiger partial charge in [-0.2, -0.15) is 0 Å². The highest BCUT2D eigenvalue weighted by Crippen LogP contribution is 2.17. The van der Waals surface area contributed by atoms with Crippen LogP contribution >= 0.6 is 11.8 Å². The minimum atomic E-state index is 0.159. The van der Waals surface area contributed by atoms with E-state index in [1.165, 1.54) is 17.8 Å². The summed E-state index contributed by atoms with van der Waals surface area (Å²) in [5.41, 5.74) is 11.0. The summed E-state index contributed by atoms with van der Waals surface area (Å²) >= 11 is 1.47. The van der Waals surface area contributed by atoms with E-state index in [9.17, 15) is 0 Å². The zero-order valence-electron chi connectivity index (χ0n) is 8.23. The van der Waals surface area contributed by atoms with Crippen LogP contribution in [0.1, 0.15) is 6.92 Å². The van der Waals surface area contributed by atoms with Gasteiger partial charge >= 0.3 is 0 Å². The number of thioether (sulfide) groups is 1.